The van der Waals surface area contributed by atoms with Crippen molar-refractivity contribution < 1.29 is 4.79 Å². The Labute approximate surface area is 100 Å². The molecule has 16 heavy (non-hydrogen) atoms. The molecule has 3 nitrogen and oxygen atoms in total. The number of rotatable bonds is 1. The number of nitrogens with one attached hydrogen (secondary N) is 1. The van der Waals surface area contributed by atoms with Gasteiger partial charge in [-0.2, -0.15) is 0 Å². The third-order valence-corrected chi connectivity index (χ3v) is 4.11. The maximum absolute atomic E-state index is 12.4. The van der Waals surface area contributed by atoms with E-state index in [9.17, 15) is 4.79 Å². The molecular weight excluding hydrogens is 220 g/mol. The van der Waals surface area contributed by atoms with Crippen molar-refractivity contribution in [3.8, 4) is 0 Å². The number of aryl methyl sites for hydroxylation is 1. The number of carbonyl (C=O) groups is 1. The van der Waals surface area contributed by atoms with Crippen molar-refractivity contribution in [2.75, 3.05) is 19.6 Å². The van der Waals surface area contributed by atoms with E-state index in [4.69, 9.17) is 0 Å². The lowest BCUT2D eigenvalue weighted by Gasteiger charge is -2.42. The Balaban J connectivity index is 2.24. The molecule has 2 heterocycles. The molecule has 0 unspecified atom stereocenters. The average molecular weight is 238 g/mol. The summed E-state index contributed by atoms with van der Waals surface area (Å²) in [5.41, 5.74) is 0.996. The first kappa shape index (κ1) is 11.6. The van der Waals surface area contributed by atoms with Gasteiger partial charge in [0, 0.05) is 19.6 Å². The van der Waals surface area contributed by atoms with E-state index in [1.165, 1.54) is 0 Å². The number of piperazine rings is 1. The fraction of sp³-hybridized carbons (Fsp3) is 0.583. The highest BCUT2D eigenvalue weighted by molar-refractivity contribution is 7.12. The topological polar surface area (TPSA) is 32.3 Å². The Morgan fingerprint density at radius 3 is 2.88 bits per heavy atom. The number of hydrogen-bond acceptors (Lipinski definition) is 3. The van der Waals surface area contributed by atoms with Crippen LogP contribution in [0, 0.1) is 6.92 Å². The van der Waals surface area contributed by atoms with E-state index in [-0.39, 0.29) is 11.4 Å². The quantitative estimate of drug-likeness (QED) is 0.810. The van der Waals surface area contributed by atoms with Crippen molar-refractivity contribution in [2.24, 2.45) is 0 Å². The van der Waals surface area contributed by atoms with Crippen molar-refractivity contribution in [1.29, 1.82) is 0 Å². The largest absolute Gasteiger partial charge is 0.330 e. The van der Waals surface area contributed by atoms with E-state index in [2.05, 4.69) is 19.2 Å². The standard InChI is InChI=1S/C12H18N2OS/c1-9-4-7-16-10(9)11(15)14-6-5-13-8-12(14,2)3/h4,7,13H,5-6,8H2,1-3H3. The molecule has 0 aliphatic carbocycles. The van der Waals surface area contributed by atoms with Crippen LogP contribution >= 0.6 is 11.3 Å². The summed E-state index contributed by atoms with van der Waals surface area (Å²) in [5, 5.41) is 5.31. The van der Waals surface area contributed by atoms with Crippen LogP contribution in [0.5, 0.6) is 0 Å². The lowest BCUT2D eigenvalue weighted by atomic mass is 9.99. The molecule has 1 aliphatic rings. The molecule has 1 saturated heterocycles. The monoisotopic (exact) mass is 238 g/mol. The molecule has 1 aromatic rings. The molecule has 0 atom stereocenters. The summed E-state index contributed by atoms with van der Waals surface area (Å²) < 4.78 is 0. The molecule has 2 rings (SSSR count). The van der Waals surface area contributed by atoms with E-state index in [0.717, 1.165) is 30.1 Å². The van der Waals surface area contributed by atoms with Gasteiger partial charge in [-0.05, 0) is 37.8 Å². The molecule has 1 N–H and O–H groups in total. The molecule has 88 valence electrons. The Morgan fingerprint density at radius 2 is 2.31 bits per heavy atom. The van der Waals surface area contributed by atoms with Crippen LogP contribution in [0.15, 0.2) is 11.4 Å². The van der Waals surface area contributed by atoms with Crippen molar-refractivity contribution in [3.63, 3.8) is 0 Å². The summed E-state index contributed by atoms with van der Waals surface area (Å²) in [5.74, 6) is 0.180. The molecular formula is C12H18N2OS. The van der Waals surface area contributed by atoms with Gasteiger partial charge in [-0.1, -0.05) is 0 Å². The van der Waals surface area contributed by atoms with Gasteiger partial charge in [-0.3, -0.25) is 4.79 Å². The van der Waals surface area contributed by atoms with Crippen LogP contribution in [-0.4, -0.2) is 36.0 Å². The molecule has 0 bridgehead atoms. The van der Waals surface area contributed by atoms with Gasteiger partial charge < -0.3 is 10.2 Å². The van der Waals surface area contributed by atoms with Gasteiger partial charge in [0.1, 0.15) is 0 Å². The zero-order valence-electron chi connectivity index (χ0n) is 10.0. The fourth-order valence-electron chi connectivity index (χ4n) is 2.07. The minimum absolute atomic E-state index is 0.0915. The minimum atomic E-state index is -0.0915. The molecule has 1 amide bonds. The smallest absolute Gasteiger partial charge is 0.264 e. The molecule has 1 fully saturated rings. The SMILES string of the molecule is Cc1ccsc1C(=O)N1CCNCC1(C)C. The maximum Gasteiger partial charge on any atom is 0.264 e. The first-order valence-corrected chi connectivity index (χ1v) is 6.47. The predicted molar refractivity (Wildman–Crippen MR) is 67.0 cm³/mol. The second kappa shape index (κ2) is 4.18. The van der Waals surface area contributed by atoms with Gasteiger partial charge in [0.2, 0.25) is 0 Å². The maximum atomic E-state index is 12.4. The summed E-state index contributed by atoms with van der Waals surface area (Å²) in [4.78, 5) is 15.3. The van der Waals surface area contributed by atoms with Gasteiger partial charge in [0.25, 0.3) is 5.91 Å². The molecule has 0 spiro atoms. The fourth-order valence-corrected chi connectivity index (χ4v) is 2.95. The summed E-state index contributed by atoms with van der Waals surface area (Å²) in [6.45, 7) is 8.77. The van der Waals surface area contributed by atoms with E-state index < -0.39 is 0 Å². The van der Waals surface area contributed by atoms with Gasteiger partial charge in [0.15, 0.2) is 0 Å². The first-order valence-electron chi connectivity index (χ1n) is 5.59. The van der Waals surface area contributed by atoms with Gasteiger partial charge >= 0.3 is 0 Å². The summed E-state index contributed by atoms with van der Waals surface area (Å²) in [7, 11) is 0. The molecule has 0 aromatic carbocycles. The number of thiophene rings is 1. The molecule has 1 aromatic heterocycles. The van der Waals surface area contributed by atoms with Crippen LogP contribution in [0.2, 0.25) is 0 Å². The van der Waals surface area contributed by atoms with Gasteiger partial charge in [-0.15, -0.1) is 11.3 Å². The zero-order valence-corrected chi connectivity index (χ0v) is 10.9. The Bertz CT molecular complexity index is 397. The second-order valence-electron chi connectivity index (χ2n) is 4.88. The van der Waals surface area contributed by atoms with E-state index in [0.29, 0.717) is 0 Å². The minimum Gasteiger partial charge on any atom is -0.330 e. The predicted octanol–water partition coefficient (Wildman–Crippen LogP) is 1.88. The summed E-state index contributed by atoms with van der Waals surface area (Å²) in [6.07, 6.45) is 0. The number of nitrogens with zero attached hydrogens (tertiary/aromatic N) is 1. The molecule has 0 radical (unpaired) electrons. The second-order valence-corrected chi connectivity index (χ2v) is 5.79. The van der Waals surface area contributed by atoms with Crippen LogP contribution in [0.1, 0.15) is 29.1 Å². The third-order valence-electron chi connectivity index (χ3n) is 3.10. The normalized spacial score (nSPS) is 19.8. The first-order chi connectivity index (χ1) is 7.52. The van der Waals surface area contributed by atoms with E-state index in [1.54, 1.807) is 11.3 Å². The summed E-state index contributed by atoms with van der Waals surface area (Å²) >= 11 is 1.54. The average Bonchev–Trinajstić information content (AvgIpc) is 2.63. The Kier molecular flexibility index (Phi) is 3.04. The Morgan fingerprint density at radius 1 is 1.56 bits per heavy atom. The highest BCUT2D eigenvalue weighted by Gasteiger charge is 2.34. The van der Waals surface area contributed by atoms with Gasteiger partial charge in [0.05, 0.1) is 10.4 Å². The van der Waals surface area contributed by atoms with Crippen molar-refractivity contribution in [3.05, 3.63) is 21.9 Å². The Hall–Kier alpha value is -0.870. The van der Waals surface area contributed by atoms with Crippen molar-refractivity contribution in [1.82, 2.24) is 10.2 Å². The highest BCUT2D eigenvalue weighted by Crippen LogP contribution is 2.24. The third kappa shape index (κ3) is 1.99. The zero-order chi connectivity index (χ0) is 11.8. The summed E-state index contributed by atoms with van der Waals surface area (Å²) in [6, 6.07) is 2.01. The molecule has 4 heteroatoms. The lowest BCUT2D eigenvalue weighted by Crippen LogP contribution is -2.59. The van der Waals surface area contributed by atoms with Crippen LogP contribution in [0.25, 0.3) is 0 Å². The van der Waals surface area contributed by atoms with Crippen molar-refractivity contribution in [2.45, 2.75) is 26.3 Å². The number of amides is 1. The van der Waals surface area contributed by atoms with E-state index in [1.807, 2.05) is 23.3 Å². The van der Waals surface area contributed by atoms with E-state index >= 15 is 0 Å². The van der Waals surface area contributed by atoms with Gasteiger partial charge in [-0.25, -0.2) is 0 Å². The van der Waals surface area contributed by atoms with Crippen LogP contribution in [-0.2, 0) is 0 Å². The van der Waals surface area contributed by atoms with Crippen LogP contribution in [0.4, 0.5) is 0 Å². The lowest BCUT2D eigenvalue weighted by molar-refractivity contribution is 0.0482. The highest BCUT2D eigenvalue weighted by atomic mass is 32.1. The van der Waals surface area contributed by atoms with Crippen LogP contribution < -0.4 is 5.32 Å². The molecule has 0 saturated carbocycles. The van der Waals surface area contributed by atoms with Crippen LogP contribution in [0.3, 0.4) is 0 Å². The number of hydrogen-bond donors (Lipinski definition) is 1. The van der Waals surface area contributed by atoms with Crippen molar-refractivity contribution >= 4 is 17.2 Å². The molecule has 1 aliphatic heterocycles. The number of carbonyl (C=O) groups excluding carboxylic acids is 1.